The van der Waals surface area contributed by atoms with E-state index in [1.54, 1.807) is 21.0 Å². The van der Waals surface area contributed by atoms with Crippen molar-refractivity contribution >= 4 is 29.9 Å². The van der Waals surface area contributed by atoms with Crippen LogP contribution in [0.3, 0.4) is 0 Å². The Labute approximate surface area is 275 Å². The van der Waals surface area contributed by atoms with Gasteiger partial charge < -0.3 is 46.5 Å². The first-order valence-corrected chi connectivity index (χ1v) is 17.0. The van der Waals surface area contributed by atoms with E-state index in [9.17, 15) is 29.1 Å². The van der Waals surface area contributed by atoms with Gasteiger partial charge in [0.25, 0.3) is 5.91 Å². The Kier molecular flexibility index (Phi) is 20.8. The van der Waals surface area contributed by atoms with Crippen molar-refractivity contribution in [2.24, 2.45) is 11.7 Å². The van der Waals surface area contributed by atoms with Crippen LogP contribution in [0.2, 0.25) is 0 Å². The first-order chi connectivity index (χ1) is 22.1. The highest BCUT2D eigenvalue weighted by Gasteiger charge is 2.31. The largest absolute Gasteiger partial charge is 0.477 e. The predicted octanol–water partition coefficient (Wildman–Crippen LogP) is 1.63. The molecule has 4 atom stereocenters. The van der Waals surface area contributed by atoms with Gasteiger partial charge in [0.1, 0.15) is 24.1 Å². The van der Waals surface area contributed by atoms with Crippen LogP contribution >= 0.6 is 0 Å². The van der Waals surface area contributed by atoms with Gasteiger partial charge in [-0.1, -0.05) is 65.2 Å². The molecule has 0 radical (unpaired) electrons. The molecule has 46 heavy (non-hydrogen) atoms. The molecule has 13 nitrogen and oxygen atoms in total. The number of hydrogen-bond acceptors (Lipinski definition) is 9. The van der Waals surface area contributed by atoms with Gasteiger partial charge in [0.05, 0.1) is 24.3 Å². The highest BCUT2D eigenvalue weighted by molar-refractivity contribution is 5.95. The van der Waals surface area contributed by atoms with E-state index in [1.165, 1.54) is 4.90 Å². The minimum atomic E-state index is -1.32. The molecule has 0 bridgehead atoms. The van der Waals surface area contributed by atoms with E-state index in [2.05, 4.69) is 28.2 Å². The number of likely N-dealkylation sites (N-methyl/N-ethyl adjacent to an activating group) is 2. The Morgan fingerprint density at radius 1 is 0.957 bits per heavy atom. The van der Waals surface area contributed by atoms with Crippen LogP contribution in [0, 0.1) is 5.92 Å². The number of nitrogens with two attached hydrogens (primary N) is 1. The van der Waals surface area contributed by atoms with Crippen molar-refractivity contribution in [2.75, 3.05) is 34.0 Å². The fourth-order valence-corrected chi connectivity index (χ4v) is 5.77. The number of amides is 4. The lowest BCUT2D eigenvalue weighted by Crippen LogP contribution is -2.59. The maximum atomic E-state index is 13.2. The van der Waals surface area contributed by atoms with Crippen molar-refractivity contribution in [3.05, 3.63) is 11.3 Å². The molecule has 0 saturated heterocycles. The molecule has 0 aromatic carbocycles. The molecule has 1 aliphatic rings. The zero-order valence-electron chi connectivity index (χ0n) is 28.7. The highest BCUT2D eigenvalue weighted by atomic mass is 16.5. The average molecular weight is 653 g/mol. The number of allylic oxidation sites excluding steroid dienone is 1. The minimum absolute atomic E-state index is 0.151. The molecule has 1 fully saturated rings. The number of carbonyl (C=O) groups excluding carboxylic acids is 5. The molecular weight excluding hydrogens is 592 g/mol. The molecule has 7 N–H and O–H groups in total. The van der Waals surface area contributed by atoms with E-state index in [0.717, 1.165) is 76.9 Å². The van der Waals surface area contributed by atoms with Gasteiger partial charge >= 0.3 is 0 Å². The van der Waals surface area contributed by atoms with Crippen molar-refractivity contribution < 1.29 is 33.8 Å². The summed E-state index contributed by atoms with van der Waals surface area (Å²) in [6.45, 7) is 4.47. The zero-order chi connectivity index (χ0) is 34.5. The number of aliphatic hydroxyl groups excluding tert-OH is 1. The average Bonchev–Trinajstić information content (AvgIpc) is 3.34. The minimum Gasteiger partial charge on any atom is -0.477 e. The maximum Gasteiger partial charge on any atom is 0.253 e. The van der Waals surface area contributed by atoms with Gasteiger partial charge in [-0.05, 0) is 45.6 Å². The van der Waals surface area contributed by atoms with E-state index < -0.39 is 42.6 Å². The number of hydrogen-bond donors (Lipinski definition) is 6. The molecule has 0 heterocycles. The molecule has 1 rings (SSSR count). The molecule has 1 saturated carbocycles. The van der Waals surface area contributed by atoms with E-state index in [0.29, 0.717) is 24.2 Å². The summed E-state index contributed by atoms with van der Waals surface area (Å²) >= 11 is 0. The summed E-state index contributed by atoms with van der Waals surface area (Å²) in [4.78, 5) is 65.1. The summed E-state index contributed by atoms with van der Waals surface area (Å²) in [5, 5.41) is 20.7. The van der Waals surface area contributed by atoms with Crippen LogP contribution in [-0.4, -0.2) is 98.1 Å². The van der Waals surface area contributed by atoms with Crippen LogP contribution in [0.5, 0.6) is 0 Å². The Morgan fingerprint density at radius 3 is 2.15 bits per heavy atom. The monoisotopic (exact) mass is 652 g/mol. The highest BCUT2D eigenvalue weighted by Crippen LogP contribution is 2.25. The van der Waals surface area contributed by atoms with Crippen molar-refractivity contribution in [3.8, 4) is 0 Å². The van der Waals surface area contributed by atoms with Gasteiger partial charge in [-0.2, -0.15) is 0 Å². The summed E-state index contributed by atoms with van der Waals surface area (Å²) in [5.74, 6) is -1.52. The second-order valence-corrected chi connectivity index (χ2v) is 12.2. The van der Waals surface area contributed by atoms with Crippen molar-refractivity contribution in [3.63, 3.8) is 0 Å². The Balaban J connectivity index is 2.87. The fourth-order valence-electron chi connectivity index (χ4n) is 5.77. The number of nitrogens with zero attached hydrogens (tertiary/aromatic N) is 1. The summed E-state index contributed by atoms with van der Waals surface area (Å²) in [7, 11) is 3.30. The third kappa shape index (κ3) is 13.8. The number of nitrogens with one attached hydrogen (secondary N) is 4. The first-order valence-electron chi connectivity index (χ1n) is 17.0. The molecule has 0 spiro atoms. The molecule has 4 amide bonds. The molecule has 0 aliphatic heterocycles. The predicted molar refractivity (Wildman–Crippen MR) is 177 cm³/mol. The van der Waals surface area contributed by atoms with Crippen molar-refractivity contribution in [2.45, 2.75) is 128 Å². The first kappa shape index (κ1) is 41.0. The van der Waals surface area contributed by atoms with Crippen LogP contribution < -0.4 is 27.0 Å². The van der Waals surface area contributed by atoms with Crippen LogP contribution in [-0.2, 0) is 28.7 Å². The lowest BCUT2D eigenvalue weighted by Gasteiger charge is -2.27. The van der Waals surface area contributed by atoms with Gasteiger partial charge in [-0.3, -0.25) is 19.2 Å². The second-order valence-electron chi connectivity index (χ2n) is 12.2. The van der Waals surface area contributed by atoms with Gasteiger partial charge in [0.15, 0.2) is 6.73 Å². The van der Waals surface area contributed by atoms with Crippen LogP contribution in [0.4, 0.5) is 0 Å². The van der Waals surface area contributed by atoms with Crippen molar-refractivity contribution in [1.82, 2.24) is 26.2 Å². The topological polar surface area (TPSA) is 192 Å². The summed E-state index contributed by atoms with van der Waals surface area (Å²) < 4.78 is 5.86. The zero-order valence-corrected chi connectivity index (χ0v) is 28.7. The summed E-state index contributed by atoms with van der Waals surface area (Å²) in [6, 6.07) is -3.44. The molecule has 0 aromatic heterocycles. The molecular formula is C33H60N6O7. The van der Waals surface area contributed by atoms with E-state index in [-0.39, 0.29) is 31.0 Å². The van der Waals surface area contributed by atoms with Crippen LogP contribution in [0.25, 0.3) is 0 Å². The number of ether oxygens (including phenoxy) is 1. The SMILES string of the molecule is CCCCCC/C(OCNC(=O)C(CO)NC(=O)C(CN)NC(=O)C(NC)C1CCCCCC1)=C(\C)C(=O)N(C)C(C=O)CCC. The van der Waals surface area contributed by atoms with Gasteiger partial charge in [-0.15, -0.1) is 0 Å². The number of aldehydes is 1. The van der Waals surface area contributed by atoms with Crippen LogP contribution in [0.15, 0.2) is 11.3 Å². The van der Waals surface area contributed by atoms with Crippen molar-refractivity contribution in [1.29, 1.82) is 0 Å². The van der Waals surface area contributed by atoms with E-state index in [1.807, 2.05) is 6.92 Å². The lowest BCUT2D eigenvalue weighted by atomic mass is 9.91. The third-order valence-corrected chi connectivity index (χ3v) is 8.70. The normalized spacial score (nSPS) is 16.9. The molecule has 4 unspecified atom stereocenters. The van der Waals surface area contributed by atoms with Gasteiger partial charge in [-0.25, -0.2) is 0 Å². The molecule has 13 heteroatoms. The Bertz CT molecular complexity index is 984. The number of carbonyl (C=O) groups is 5. The maximum absolute atomic E-state index is 13.2. The quantitative estimate of drug-likeness (QED) is 0.0252. The standard InChI is InChI=1S/C33H60N6O7/c1-6-8-9-14-18-28(23(3)33(45)39(5)25(20-40)15-7-2)46-22-36-30(42)27(21-41)38-31(43)26(19-34)37-32(44)29(35-4)24-16-12-10-11-13-17-24/h20,24-27,29,35,41H,6-19,21-22,34H2,1-5H3,(H,36,42)(H,37,44)(H,38,43)/b28-23-. The molecule has 264 valence electrons. The van der Waals surface area contributed by atoms with Gasteiger partial charge in [0, 0.05) is 20.0 Å². The number of aliphatic hydroxyl groups is 1. The fraction of sp³-hybridized carbons (Fsp3) is 0.788. The van der Waals surface area contributed by atoms with E-state index >= 15 is 0 Å². The molecule has 1 aliphatic carbocycles. The number of unbranched alkanes of at least 4 members (excludes halogenated alkanes) is 3. The van der Waals surface area contributed by atoms with E-state index in [4.69, 9.17) is 10.5 Å². The smallest absolute Gasteiger partial charge is 0.253 e. The number of rotatable bonds is 22. The second kappa shape index (κ2) is 23.3. The summed E-state index contributed by atoms with van der Waals surface area (Å²) in [5.41, 5.74) is 6.16. The molecule has 0 aromatic rings. The summed E-state index contributed by atoms with van der Waals surface area (Å²) in [6.07, 6.45) is 12.5. The third-order valence-electron chi connectivity index (χ3n) is 8.70. The lowest BCUT2D eigenvalue weighted by molar-refractivity contribution is -0.133. The Hall–Kier alpha value is -3.03. The van der Waals surface area contributed by atoms with Gasteiger partial charge in [0.2, 0.25) is 17.7 Å². The van der Waals surface area contributed by atoms with Crippen LogP contribution in [0.1, 0.15) is 104 Å². The Morgan fingerprint density at radius 2 is 1.61 bits per heavy atom.